The fourth-order valence-electron chi connectivity index (χ4n) is 1.88. The van der Waals surface area contributed by atoms with Crippen LogP contribution in [0.4, 0.5) is 0 Å². The Hall–Kier alpha value is -1.72. The number of nitrogens with zero attached hydrogens (tertiary/aromatic N) is 1. The molecule has 0 unspecified atom stereocenters. The first kappa shape index (κ1) is 15.7. The van der Waals surface area contributed by atoms with Crippen LogP contribution in [-0.4, -0.2) is 27.1 Å². The Kier molecular flexibility index (Phi) is 5.47. The monoisotopic (exact) mass is 322 g/mol. The number of amides is 1. The zero-order valence-electron chi connectivity index (χ0n) is 11.5. The number of halogens is 1. The quantitative estimate of drug-likeness (QED) is 0.920. The summed E-state index contributed by atoms with van der Waals surface area (Å²) in [6, 6.07) is 12.3. The van der Waals surface area contributed by atoms with Gasteiger partial charge in [0.15, 0.2) is 0 Å². The van der Waals surface area contributed by atoms with Crippen LogP contribution in [-0.2, 0) is 10.8 Å². The van der Waals surface area contributed by atoms with Gasteiger partial charge in [0, 0.05) is 29.0 Å². The van der Waals surface area contributed by atoms with Gasteiger partial charge in [-0.05, 0) is 17.7 Å². The number of carbonyl (C=O) groups is 1. The van der Waals surface area contributed by atoms with Crippen LogP contribution in [0.25, 0.3) is 0 Å². The average Bonchev–Trinajstić information content (AvgIpc) is 2.47. The lowest BCUT2D eigenvalue weighted by Crippen LogP contribution is -2.32. The molecule has 4 nitrogen and oxygen atoms in total. The van der Waals surface area contributed by atoms with Gasteiger partial charge in [0.25, 0.3) is 5.91 Å². The highest BCUT2D eigenvalue weighted by Crippen LogP contribution is 2.15. The molecule has 2 atom stereocenters. The van der Waals surface area contributed by atoms with Crippen LogP contribution in [0.15, 0.2) is 48.7 Å². The molecule has 0 spiro atoms. The van der Waals surface area contributed by atoms with Crippen molar-refractivity contribution in [1.82, 2.24) is 10.3 Å². The Balaban J connectivity index is 2.17. The van der Waals surface area contributed by atoms with E-state index in [9.17, 15) is 9.00 Å². The van der Waals surface area contributed by atoms with E-state index in [0.29, 0.717) is 10.8 Å². The lowest BCUT2D eigenvalue weighted by atomic mass is 10.1. The van der Waals surface area contributed by atoms with Crippen molar-refractivity contribution in [2.24, 2.45) is 0 Å². The summed E-state index contributed by atoms with van der Waals surface area (Å²) in [5, 5.41) is 3.34. The number of nitrogens with one attached hydrogen (secondary N) is 1. The van der Waals surface area contributed by atoms with Crippen molar-refractivity contribution in [2.45, 2.75) is 6.04 Å². The van der Waals surface area contributed by atoms with E-state index in [-0.39, 0.29) is 17.6 Å². The Morgan fingerprint density at radius 2 is 2.00 bits per heavy atom. The zero-order valence-corrected chi connectivity index (χ0v) is 13.0. The van der Waals surface area contributed by atoms with E-state index in [1.165, 1.54) is 6.20 Å². The van der Waals surface area contributed by atoms with E-state index >= 15 is 0 Å². The second-order valence-electron chi connectivity index (χ2n) is 4.54. The third kappa shape index (κ3) is 4.65. The van der Waals surface area contributed by atoms with Crippen LogP contribution in [0.5, 0.6) is 0 Å². The van der Waals surface area contributed by atoms with E-state index in [1.807, 2.05) is 30.3 Å². The predicted molar refractivity (Wildman–Crippen MR) is 84.8 cm³/mol. The molecule has 1 aromatic carbocycles. The van der Waals surface area contributed by atoms with Crippen molar-refractivity contribution in [2.75, 3.05) is 12.0 Å². The Morgan fingerprint density at radius 3 is 2.57 bits per heavy atom. The number of rotatable bonds is 5. The van der Waals surface area contributed by atoms with Crippen molar-refractivity contribution < 1.29 is 9.00 Å². The summed E-state index contributed by atoms with van der Waals surface area (Å²) < 4.78 is 11.5. The van der Waals surface area contributed by atoms with Crippen LogP contribution in [0.2, 0.25) is 5.02 Å². The highest BCUT2D eigenvalue weighted by Gasteiger charge is 2.17. The first-order valence-corrected chi connectivity index (χ1v) is 8.44. The number of pyridine rings is 1. The molecule has 1 amide bonds. The minimum atomic E-state index is -1.03. The maximum absolute atomic E-state index is 12.2. The average molecular weight is 323 g/mol. The summed E-state index contributed by atoms with van der Waals surface area (Å²) in [6.07, 6.45) is 3.04. The Labute approximate surface area is 131 Å². The lowest BCUT2D eigenvalue weighted by molar-refractivity contribution is 0.0935. The lowest BCUT2D eigenvalue weighted by Gasteiger charge is -2.18. The standard InChI is InChI=1S/C15H15ClN2O2S/c1-21(20)10-14(11-5-3-2-4-6-11)18-15(19)13-8-7-12(16)9-17-13/h2-9,14H,10H2,1H3,(H,18,19)/t14-,21-/m1/s1. The largest absolute Gasteiger partial charge is 0.343 e. The Bertz CT molecular complexity index is 632. The number of carbonyl (C=O) groups excluding carboxylic acids is 1. The fraction of sp³-hybridized carbons (Fsp3) is 0.200. The van der Waals surface area contributed by atoms with Gasteiger partial charge < -0.3 is 5.32 Å². The van der Waals surface area contributed by atoms with E-state index < -0.39 is 10.8 Å². The fourth-order valence-corrected chi connectivity index (χ4v) is 2.74. The van der Waals surface area contributed by atoms with Crippen molar-refractivity contribution in [3.05, 3.63) is 64.9 Å². The number of benzene rings is 1. The van der Waals surface area contributed by atoms with Gasteiger partial charge in [-0.25, -0.2) is 4.98 Å². The van der Waals surface area contributed by atoms with Gasteiger partial charge in [-0.1, -0.05) is 41.9 Å². The van der Waals surface area contributed by atoms with Crippen LogP contribution in [0.3, 0.4) is 0 Å². The third-order valence-electron chi connectivity index (χ3n) is 2.87. The summed E-state index contributed by atoms with van der Waals surface area (Å²) in [5.74, 6) is 0.0366. The maximum atomic E-state index is 12.2. The summed E-state index contributed by atoms with van der Waals surface area (Å²) in [6.45, 7) is 0. The van der Waals surface area contributed by atoms with Crippen LogP contribution in [0.1, 0.15) is 22.1 Å². The first-order chi connectivity index (χ1) is 10.1. The molecule has 6 heteroatoms. The van der Waals surface area contributed by atoms with Crippen molar-refractivity contribution in [3.63, 3.8) is 0 Å². The van der Waals surface area contributed by atoms with Gasteiger partial charge in [0.05, 0.1) is 11.1 Å². The second kappa shape index (κ2) is 7.33. The second-order valence-corrected chi connectivity index (χ2v) is 6.45. The van der Waals surface area contributed by atoms with E-state index in [1.54, 1.807) is 18.4 Å². The van der Waals surface area contributed by atoms with Crippen molar-refractivity contribution >= 4 is 28.3 Å². The SMILES string of the molecule is C[S@@](=O)C[C@@H](NC(=O)c1ccc(Cl)cn1)c1ccccc1. The molecule has 21 heavy (non-hydrogen) atoms. The zero-order chi connectivity index (χ0) is 15.2. The molecule has 1 heterocycles. The predicted octanol–water partition coefficient (Wildman–Crippen LogP) is 2.58. The number of hydrogen-bond donors (Lipinski definition) is 1. The molecule has 1 aromatic heterocycles. The minimum Gasteiger partial charge on any atom is -0.343 e. The molecule has 0 aliphatic heterocycles. The molecule has 1 N–H and O–H groups in total. The number of aromatic nitrogens is 1. The molecular weight excluding hydrogens is 308 g/mol. The van der Waals surface area contributed by atoms with Crippen LogP contribution >= 0.6 is 11.6 Å². The summed E-state index contributed by atoms with van der Waals surface area (Å²) in [7, 11) is -1.03. The smallest absolute Gasteiger partial charge is 0.270 e. The molecule has 2 aromatic rings. The highest BCUT2D eigenvalue weighted by atomic mass is 35.5. The van der Waals surface area contributed by atoms with Crippen molar-refractivity contribution in [3.8, 4) is 0 Å². The molecule has 0 aliphatic carbocycles. The van der Waals surface area contributed by atoms with E-state index in [2.05, 4.69) is 10.3 Å². The summed E-state index contributed by atoms with van der Waals surface area (Å²) >= 11 is 5.75. The molecule has 0 saturated carbocycles. The molecule has 0 radical (unpaired) electrons. The minimum absolute atomic E-state index is 0.280. The normalized spacial score (nSPS) is 13.4. The van der Waals surface area contributed by atoms with Gasteiger partial charge in [-0.3, -0.25) is 9.00 Å². The molecule has 0 aliphatic rings. The number of hydrogen-bond acceptors (Lipinski definition) is 3. The molecule has 2 rings (SSSR count). The summed E-state index contributed by atoms with van der Waals surface area (Å²) in [4.78, 5) is 16.2. The van der Waals surface area contributed by atoms with Crippen LogP contribution < -0.4 is 5.32 Å². The van der Waals surface area contributed by atoms with Gasteiger partial charge in [0.1, 0.15) is 5.69 Å². The maximum Gasteiger partial charge on any atom is 0.270 e. The molecule has 0 bridgehead atoms. The van der Waals surface area contributed by atoms with Gasteiger partial charge in [0.2, 0.25) is 0 Å². The highest BCUT2D eigenvalue weighted by molar-refractivity contribution is 7.84. The first-order valence-electron chi connectivity index (χ1n) is 6.33. The third-order valence-corrected chi connectivity index (χ3v) is 3.89. The van der Waals surface area contributed by atoms with Crippen molar-refractivity contribution in [1.29, 1.82) is 0 Å². The molecule has 0 saturated heterocycles. The van der Waals surface area contributed by atoms with E-state index in [4.69, 9.17) is 11.6 Å². The van der Waals surface area contributed by atoms with Gasteiger partial charge in [-0.15, -0.1) is 0 Å². The topological polar surface area (TPSA) is 59.1 Å². The van der Waals surface area contributed by atoms with E-state index in [0.717, 1.165) is 5.56 Å². The molecule has 0 fully saturated rings. The molecular formula is C15H15ClN2O2S. The van der Waals surface area contributed by atoms with Crippen LogP contribution in [0, 0.1) is 0 Å². The van der Waals surface area contributed by atoms with Gasteiger partial charge in [-0.2, -0.15) is 0 Å². The molecule has 110 valence electrons. The Morgan fingerprint density at radius 1 is 1.29 bits per heavy atom. The van der Waals surface area contributed by atoms with Gasteiger partial charge >= 0.3 is 0 Å². The summed E-state index contributed by atoms with van der Waals surface area (Å²) in [5.41, 5.74) is 1.19.